The molecule has 4 aromatic carbocycles. The van der Waals surface area contributed by atoms with Crippen LogP contribution in [0.3, 0.4) is 0 Å². The molecule has 0 fully saturated rings. The van der Waals surface area contributed by atoms with Gasteiger partial charge in [-0.3, -0.25) is 9.59 Å². The van der Waals surface area contributed by atoms with E-state index in [1.807, 2.05) is 60.7 Å². The van der Waals surface area contributed by atoms with Crippen molar-refractivity contribution in [2.24, 2.45) is 5.73 Å². The summed E-state index contributed by atoms with van der Waals surface area (Å²) in [6.07, 6.45) is 0. The van der Waals surface area contributed by atoms with Gasteiger partial charge in [-0.15, -0.1) is 0 Å². The van der Waals surface area contributed by atoms with Crippen molar-refractivity contribution in [3.05, 3.63) is 137 Å². The first-order valence-electron chi connectivity index (χ1n) is 13.3. The normalized spacial score (nSPS) is 10.0. The number of thiocarbonyl (C=S) groups is 1. The first-order valence-corrected chi connectivity index (χ1v) is 16.4. The molecule has 13 heteroatoms. The van der Waals surface area contributed by atoms with Crippen molar-refractivity contribution in [3.63, 3.8) is 0 Å². The van der Waals surface area contributed by atoms with Gasteiger partial charge in [0.05, 0.1) is 10.0 Å². The van der Waals surface area contributed by atoms with E-state index < -0.39 is 5.24 Å². The van der Waals surface area contributed by atoms with Crippen LogP contribution in [0.4, 0.5) is 0 Å². The predicted molar refractivity (Wildman–Crippen MR) is 199 cm³/mol. The summed E-state index contributed by atoms with van der Waals surface area (Å²) in [6.45, 7) is 3.45. The van der Waals surface area contributed by atoms with Gasteiger partial charge in [0.1, 0.15) is 27.1 Å². The van der Waals surface area contributed by atoms with E-state index in [-0.39, 0.29) is 32.3 Å². The van der Waals surface area contributed by atoms with Gasteiger partial charge in [-0.25, -0.2) is 9.78 Å². The standard InChI is InChI=1S/C17H11Cl2NO2S.C10H5Cl3O2.C7H7NS/c1-9-7-11(18)8-12(19)13(9)14-15(21)20-16(23-17(14)22)10-5-3-2-4-6-10;1-5-2-6(11)3-8(12)9(5)7(4-14)10(13)15;8-7(9)6-4-2-1-3-5-6/h2-8,21H,1H3;2-3H,1H3;1-5H,(H2,8,9). The number of nitrogens with zero attached hydrogens (tertiary/aromatic N) is 1. The van der Waals surface area contributed by atoms with Crippen LogP contribution >= 0.6 is 81.6 Å². The molecule has 0 aliphatic heterocycles. The fourth-order valence-electron chi connectivity index (χ4n) is 4.15. The fraction of sp³-hybridized carbons (Fsp3) is 0.0588. The Balaban J connectivity index is 0.000000214. The van der Waals surface area contributed by atoms with Gasteiger partial charge in [-0.1, -0.05) is 131 Å². The number of carbonyl (C=O) groups is 1. The number of aryl methyl sites for hydroxylation is 2. The van der Waals surface area contributed by atoms with Gasteiger partial charge >= 0.3 is 0 Å². The molecule has 0 aliphatic carbocycles. The van der Waals surface area contributed by atoms with Crippen molar-refractivity contribution in [2.75, 3.05) is 0 Å². The molecule has 0 saturated heterocycles. The van der Waals surface area contributed by atoms with E-state index in [0.29, 0.717) is 41.8 Å². The van der Waals surface area contributed by atoms with E-state index in [4.69, 9.17) is 76.0 Å². The molecule has 0 bridgehead atoms. The van der Waals surface area contributed by atoms with Crippen molar-refractivity contribution >= 4 is 103 Å². The second-order valence-corrected chi connectivity index (χ2v) is 12.9. The first-order chi connectivity index (χ1) is 22.2. The molecule has 1 aromatic heterocycles. The molecule has 5 rings (SSSR count). The average Bonchev–Trinajstić information content (AvgIpc) is 3.01. The van der Waals surface area contributed by atoms with Gasteiger partial charge in [0.2, 0.25) is 10.6 Å². The molecule has 1 heterocycles. The number of carbonyl (C=O) groups excluding carboxylic acids is 2. The van der Waals surface area contributed by atoms with Gasteiger partial charge in [0, 0.05) is 32.3 Å². The Bertz CT molecular complexity index is 2000. The summed E-state index contributed by atoms with van der Waals surface area (Å²) < 4.78 is -0.302. The lowest BCUT2D eigenvalue weighted by Crippen LogP contribution is -2.08. The molecule has 0 saturated carbocycles. The third-order valence-corrected chi connectivity index (χ3v) is 8.57. The van der Waals surface area contributed by atoms with Crippen LogP contribution in [0, 0.1) is 13.8 Å². The molecule has 0 amide bonds. The van der Waals surface area contributed by atoms with E-state index in [1.54, 1.807) is 32.0 Å². The molecule has 0 atom stereocenters. The zero-order valence-electron chi connectivity index (χ0n) is 24.5. The van der Waals surface area contributed by atoms with Crippen LogP contribution in [0.2, 0.25) is 20.1 Å². The van der Waals surface area contributed by atoms with Gasteiger partial charge in [0.25, 0.3) is 5.24 Å². The molecule has 240 valence electrons. The van der Waals surface area contributed by atoms with Gasteiger partial charge in [-0.2, -0.15) is 0 Å². The first kappa shape index (κ1) is 37.9. The zero-order valence-corrected chi connectivity index (χ0v) is 29.9. The number of rotatable bonds is 5. The largest absolute Gasteiger partial charge is 0.493 e. The molecule has 0 spiro atoms. The number of nitrogens with two attached hydrogens (primary N) is 1. The Labute approximate surface area is 305 Å². The summed E-state index contributed by atoms with van der Waals surface area (Å²) in [5.41, 5.74) is 8.90. The van der Waals surface area contributed by atoms with Crippen molar-refractivity contribution < 1.29 is 14.7 Å². The Hall–Kier alpha value is -3.56. The molecule has 5 aromatic rings. The number of aromatic nitrogens is 1. The third kappa shape index (κ3) is 10.2. The molecular formula is C34H23Cl5N2O4S2. The molecule has 0 aliphatic rings. The van der Waals surface area contributed by atoms with Gasteiger partial charge in [-0.05, 0) is 60.8 Å². The number of hydrogen-bond donors (Lipinski definition) is 2. The van der Waals surface area contributed by atoms with E-state index in [1.165, 1.54) is 12.0 Å². The van der Waals surface area contributed by atoms with Gasteiger partial charge < -0.3 is 10.8 Å². The minimum Gasteiger partial charge on any atom is -0.493 e. The van der Waals surface area contributed by atoms with E-state index >= 15 is 0 Å². The summed E-state index contributed by atoms with van der Waals surface area (Å²) in [5.74, 6) is 1.14. The van der Waals surface area contributed by atoms with Gasteiger partial charge in [0.15, 0.2) is 0 Å². The smallest absolute Gasteiger partial charge is 0.264 e. The lowest BCUT2D eigenvalue weighted by atomic mass is 10.0. The summed E-state index contributed by atoms with van der Waals surface area (Å²) >= 11 is 34.7. The topological polar surface area (TPSA) is 110 Å². The summed E-state index contributed by atoms with van der Waals surface area (Å²) in [6, 6.07) is 25.0. The minimum absolute atomic E-state index is 0.105. The van der Waals surface area contributed by atoms with Crippen LogP contribution in [0.15, 0.2) is 89.7 Å². The fourth-order valence-corrected chi connectivity index (χ4v) is 6.66. The summed E-state index contributed by atoms with van der Waals surface area (Å²) in [4.78, 5) is 38.7. The number of hydrogen-bond acceptors (Lipinski definition) is 7. The van der Waals surface area contributed by atoms with Crippen LogP contribution < -0.4 is 10.5 Å². The highest BCUT2D eigenvalue weighted by atomic mass is 35.5. The van der Waals surface area contributed by atoms with Crippen molar-refractivity contribution in [3.8, 4) is 27.6 Å². The highest BCUT2D eigenvalue weighted by Gasteiger charge is 2.20. The summed E-state index contributed by atoms with van der Waals surface area (Å²) in [7, 11) is 0. The second kappa shape index (κ2) is 17.6. The van der Waals surface area contributed by atoms with E-state index in [9.17, 15) is 19.5 Å². The average molecular weight is 765 g/mol. The SMILES string of the molecule is Cc1cc(Cl)cc(Cl)c1-c1c(O)nc(-c2ccccc2)sc1=O.Cc1cc(Cl)cc(Cl)c1C(=C=O)C(=O)Cl.NC(=S)c1ccccc1. The van der Waals surface area contributed by atoms with E-state index in [2.05, 4.69) is 4.98 Å². The van der Waals surface area contributed by atoms with Crippen LogP contribution in [-0.2, 0) is 9.59 Å². The van der Waals surface area contributed by atoms with Crippen molar-refractivity contribution in [1.82, 2.24) is 4.98 Å². The maximum Gasteiger partial charge on any atom is 0.264 e. The Morgan fingerprint density at radius 1 is 0.851 bits per heavy atom. The Morgan fingerprint density at radius 2 is 1.38 bits per heavy atom. The quantitative estimate of drug-likeness (QED) is 0.0794. The highest BCUT2D eigenvalue weighted by Crippen LogP contribution is 2.37. The molecule has 6 nitrogen and oxygen atoms in total. The zero-order chi connectivity index (χ0) is 34.8. The lowest BCUT2D eigenvalue weighted by Gasteiger charge is -2.10. The number of allylic oxidation sites excluding steroid dienone is 1. The van der Waals surface area contributed by atoms with Crippen LogP contribution in [0.1, 0.15) is 22.3 Å². The maximum atomic E-state index is 12.6. The monoisotopic (exact) mass is 762 g/mol. The maximum absolute atomic E-state index is 12.6. The molecule has 0 unspecified atom stereocenters. The number of benzene rings is 4. The van der Waals surface area contributed by atoms with Crippen LogP contribution in [0.5, 0.6) is 5.88 Å². The molecule has 0 radical (unpaired) electrons. The molecular weight excluding hydrogens is 742 g/mol. The lowest BCUT2D eigenvalue weighted by molar-refractivity contribution is -0.106. The van der Waals surface area contributed by atoms with Crippen LogP contribution in [-0.4, -0.2) is 26.3 Å². The highest BCUT2D eigenvalue weighted by molar-refractivity contribution is 7.80. The second-order valence-electron chi connectivity index (χ2n) is 9.51. The van der Waals surface area contributed by atoms with Crippen molar-refractivity contribution in [2.45, 2.75) is 13.8 Å². The minimum atomic E-state index is -0.891. The number of aromatic hydroxyl groups is 1. The Kier molecular flexibility index (Phi) is 14.2. The number of halogens is 5. The Morgan fingerprint density at radius 3 is 1.83 bits per heavy atom. The summed E-state index contributed by atoms with van der Waals surface area (Å²) in [5, 5.41) is 11.3. The molecule has 47 heavy (non-hydrogen) atoms. The van der Waals surface area contributed by atoms with Crippen LogP contribution in [0.25, 0.3) is 27.3 Å². The van der Waals surface area contributed by atoms with Crippen molar-refractivity contribution in [1.29, 1.82) is 0 Å². The van der Waals surface area contributed by atoms with E-state index in [0.717, 1.165) is 22.5 Å². The molecule has 3 N–H and O–H groups in total. The third-order valence-electron chi connectivity index (χ3n) is 6.21. The predicted octanol–water partition coefficient (Wildman–Crippen LogP) is 9.76.